The third-order valence-corrected chi connectivity index (χ3v) is 2.71. The van der Waals surface area contributed by atoms with E-state index in [2.05, 4.69) is 5.18 Å². The lowest BCUT2D eigenvalue weighted by atomic mass is 10.2. The van der Waals surface area contributed by atoms with E-state index in [0.717, 1.165) is 0 Å². The summed E-state index contributed by atoms with van der Waals surface area (Å²) in [4.78, 5) is 23.5. The Hall–Kier alpha value is -2.15. The fourth-order valence-electron chi connectivity index (χ4n) is 1.86. The number of aliphatic hydroxyl groups excluding tert-OH is 1. The maximum atomic E-state index is 11.5. The van der Waals surface area contributed by atoms with E-state index in [9.17, 15) is 14.8 Å². The van der Waals surface area contributed by atoms with Crippen molar-refractivity contribution in [2.24, 2.45) is 5.18 Å². The number of nitrogens with zero attached hydrogens (tertiary/aromatic N) is 2. The monoisotopic (exact) mass is 266 g/mol. The van der Waals surface area contributed by atoms with Gasteiger partial charge in [-0.05, 0) is 30.3 Å². The smallest absolute Gasteiger partial charge is 0.325 e. The van der Waals surface area contributed by atoms with Crippen LogP contribution in [-0.4, -0.2) is 37.1 Å². The highest BCUT2D eigenvalue weighted by Crippen LogP contribution is 2.36. The zero-order chi connectivity index (χ0) is 13.8. The number of fused-ring (bicyclic) bond motifs is 1. The summed E-state index contributed by atoms with van der Waals surface area (Å²) in [6.07, 6.45) is -0.973. The Kier molecular flexibility index (Phi) is 3.96. The molecule has 1 aliphatic rings. The van der Waals surface area contributed by atoms with Gasteiger partial charge in [-0.15, -0.1) is 4.91 Å². The summed E-state index contributed by atoms with van der Waals surface area (Å²) < 4.78 is 10.2. The lowest BCUT2D eigenvalue weighted by Gasteiger charge is -2.34. The molecular formula is C12H14N2O5. The van der Waals surface area contributed by atoms with Crippen LogP contribution in [0, 0.1) is 4.91 Å². The van der Waals surface area contributed by atoms with Crippen LogP contribution in [0.3, 0.4) is 0 Å². The topological polar surface area (TPSA) is 88.4 Å². The summed E-state index contributed by atoms with van der Waals surface area (Å²) in [5.41, 5.74) is 0.647. The third kappa shape index (κ3) is 2.82. The van der Waals surface area contributed by atoms with Crippen LogP contribution in [0.25, 0.3) is 0 Å². The number of esters is 1. The van der Waals surface area contributed by atoms with E-state index in [-0.39, 0.29) is 25.4 Å². The molecule has 1 aromatic rings. The molecule has 1 aromatic carbocycles. The van der Waals surface area contributed by atoms with Gasteiger partial charge >= 0.3 is 5.97 Å². The highest BCUT2D eigenvalue weighted by atomic mass is 16.5. The Morgan fingerprint density at radius 1 is 1.63 bits per heavy atom. The molecule has 0 aromatic heterocycles. The van der Waals surface area contributed by atoms with Crippen molar-refractivity contribution < 1.29 is 19.4 Å². The van der Waals surface area contributed by atoms with Gasteiger partial charge in [0.2, 0.25) is 0 Å². The number of nitroso groups, excluding NO2 is 1. The van der Waals surface area contributed by atoms with Crippen LogP contribution in [-0.2, 0) is 9.53 Å². The van der Waals surface area contributed by atoms with Gasteiger partial charge in [0.15, 0.2) is 6.23 Å². The quantitative estimate of drug-likeness (QED) is 0.650. The highest BCUT2D eigenvalue weighted by Gasteiger charge is 2.28. The molecule has 19 heavy (non-hydrogen) atoms. The van der Waals surface area contributed by atoms with E-state index in [1.165, 1.54) is 17.0 Å². The van der Waals surface area contributed by atoms with Gasteiger partial charge in [-0.25, -0.2) is 0 Å². The van der Waals surface area contributed by atoms with Crippen molar-refractivity contribution in [3.63, 3.8) is 0 Å². The largest absolute Gasteiger partial charge is 0.487 e. The summed E-state index contributed by atoms with van der Waals surface area (Å²) in [6, 6.07) is 4.55. The summed E-state index contributed by atoms with van der Waals surface area (Å²) in [5.74, 6) is 0.0286. The van der Waals surface area contributed by atoms with Crippen LogP contribution in [0.5, 0.6) is 5.75 Å². The number of rotatable bonds is 4. The van der Waals surface area contributed by atoms with Crippen molar-refractivity contribution in [3.05, 3.63) is 23.1 Å². The zero-order valence-corrected chi connectivity index (χ0v) is 10.4. The molecule has 0 aliphatic carbocycles. The second kappa shape index (κ2) is 5.66. The predicted octanol–water partition coefficient (Wildman–Crippen LogP) is 1.16. The number of benzene rings is 1. The fraction of sp³-hybridized carbons (Fsp3) is 0.417. The highest BCUT2D eigenvalue weighted by molar-refractivity contribution is 5.78. The van der Waals surface area contributed by atoms with Gasteiger partial charge in [0.05, 0.1) is 12.3 Å². The van der Waals surface area contributed by atoms with Crippen molar-refractivity contribution in [2.75, 3.05) is 24.7 Å². The lowest BCUT2D eigenvalue weighted by molar-refractivity contribution is -0.142. The summed E-state index contributed by atoms with van der Waals surface area (Å²) in [6.45, 7) is 1.89. The van der Waals surface area contributed by atoms with Crippen LogP contribution in [0.15, 0.2) is 23.4 Å². The minimum Gasteiger partial charge on any atom is -0.487 e. The zero-order valence-electron chi connectivity index (χ0n) is 10.4. The molecule has 0 saturated carbocycles. The number of anilines is 1. The van der Waals surface area contributed by atoms with Crippen molar-refractivity contribution in [1.82, 2.24) is 0 Å². The molecule has 1 unspecified atom stereocenters. The first-order valence-electron chi connectivity index (χ1n) is 5.86. The number of ether oxygens (including phenoxy) is 2. The Morgan fingerprint density at radius 2 is 2.42 bits per heavy atom. The van der Waals surface area contributed by atoms with Gasteiger partial charge in [-0.2, -0.15) is 0 Å². The van der Waals surface area contributed by atoms with Crippen molar-refractivity contribution >= 4 is 17.3 Å². The predicted molar refractivity (Wildman–Crippen MR) is 67.4 cm³/mol. The van der Waals surface area contributed by atoms with Gasteiger partial charge < -0.3 is 19.5 Å². The standard InChI is InChI=1S/C12H14N2O5/c1-2-18-12(16)6-14-9-5-8(13-17)3-4-10(9)19-7-11(14)15/h3-5,11,15H,2,6-7H2,1H3. The van der Waals surface area contributed by atoms with Gasteiger partial charge in [0.1, 0.15) is 24.6 Å². The van der Waals surface area contributed by atoms with Crippen LogP contribution in [0.1, 0.15) is 6.92 Å². The maximum Gasteiger partial charge on any atom is 0.325 e. The summed E-state index contributed by atoms with van der Waals surface area (Å²) in [5, 5.41) is 12.7. The van der Waals surface area contributed by atoms with Crippen LogP contribution in [0.2, 0.25) is 0 Å². The molecule has 0 bridgehead atoms. The first kappa shape index (κ1) is 13.3. The number of hydrogen-bond acceptors (Lipinski definition) is 7. The molecule has 0 fully saturated rings. The molecule has 1 N–H and O–H groups in total. The number of aliphatic hydroxyl groups is 1. The molecule has 7 heteroatoms. The number of carbonyl (C=O) groups is 1. The van der Waals surface area contributed by atoms with Crippen molar-refractivity contribution in [3.8, 4) is 5.75 Å². The van der Waals surface area contributed by atoms with E-state index in [1.54, 1.807) is 13.0 Å². The first-order valence-corrected chi connectivity index (χ1v) is 5.86. The minimum absolute atomic E-state index is 0.0419. The Morgan fingerprint density at radius 3 is 3.11 bits per heavy atom. The van der Waals surface area contributed by atoms with E-state index >= 15 is 0 Å². The average Bonchev–Trinajstić information content (AvgIpc) is 2.42. The first-order chi connectivity index (χ1) is 9.15. The van der Waals surface area contributed by atoms with Gasteiger partial charge in [0, 0.05) is 0 Å². The van der Waals surface area contributed by atoms with Gasteiger partial charge in [-0.1, -0.05) is 0 Å². The van der Waals surface area contributed by atoms with E-state index in [0.29, 0.717) is 11.4 Å². The Labute approximate surface area is 109 Å². The lowest BCUT2D eigenvalue weighted by Crippen LogP contribution is -2.46. The number of hydrogen-bond donors (Lipinski definition) is 1. The third-order valence-electron chi connectivity index (χ3n) is 2.71. The molecule has 2 rings (SSSR count). The van der Waals surface area contributed by atoms with Crippen molar-refractivity contribution in [1.29, 1.82) is 0 Å². The molecular weight excluding hydrogens is 252 g/mol. The maximum absolute atomic E-state index is 11.5. The van der Waals surface area contributed by atoms with Crippen LogP contribution < -0.4 is 9.64 Å². The van der Waals surface area contributed by atoms with E-state index in [4.69, 9.17) is 9.47 Å². The van der Waals surface area contributed by atoms with E-state index in [1.807, 2.05) is 0 Å². The Balaban J connectivity index is 2.28. The summed E-state index contributed by atoms with van der Waals surface area (Å²) in [7, 11) is 0. The van der Waals surface area contributed by atoms with E-state index < -0.39 is 12.2 Å². The van der Waals surface area contributed by atoms with Crippen LogP contribution >= 0.6 is 0 Å². The molecule has 0 radical (unpaired) electrons. The van der Waals surface area contributed by atoms with Gasteiger partial charge in [0.25, 0.3) is 0 Å². The average molecular weight is 266 g/mol. The van der Waals surface area contributed by atoms with Crippen LogP contribution in [0.4, 0.5) is 11.4 Å². The Bertz CT molecular complexity index is 491. The molecule has 0 spiro atoms. The molecule has 0 saturated heterocycles. The number of carbonyl (C=O) groups excluding carboxylic acids is 1. The molecule has 1 aliphatic heterocycles. The summed E-state index contributed by atoms with van der Waals surface area (Å²) >= 11 is 0. The SMILES string of the molecule is CCOC(=O)CN1c2cc(N=O)ccc2OCC1O. The molecule has 0 amide bonds. The fourth-order valence-corrected chi connectivity index (χ4v) is 1.86. The molecule has 1 heterocycles. The normalized spacial score (nSPS) is 17.4. The molecule has 102 valence electrons. The second-order valence-corrected chi connectivity index (χ2v) is 3.97. The minimum atomic E-state index is -0.973. The molecule has 1 atom stereocenters. The molecule has 7 nitrogen and oxygen atoms in total. The van der Waals surface area contributed by atoms with Crippen molar-refractivity contribution in [2.45, 2.75) is 13.2 Å². The van der Waals surface area contributed by atoms with Gasteiger partial charge in [-0.3, -0.25) is 4.79 Å². The second-order valence-electron chi connectivity index (χ2n) is 3.97.